The lowest BCUT2D eigenvalue weighted by Crippen LogP contribution is -2.13. The van der Waals surface area contributed by atoms with Crippen molar-refractivity contribution in [2.45, 2.75) is 13.0 Å². The van der Waals surface area contributed by atoms with E-state index in [4.69, 9.17) is 21.1 Å². The zero-order valence-electron chi connectivity index (χ0n) is 9.48. The third kappa shape index (κ3) is 2.51. The Morgan fingerprint density at radius 1 is 1.53 bits per heavy atom. The molecule has 1 aromatic carbocycles. The molecule has 0 amide bonds. The van der Waals surface area contributed by atoms with Crippen molar-refractivity contribution in [1.29, 1.82) is 0 Å². The Bertz CT molecular complexity index is 454. The third-order valence-electron chi connectivity index (χ3n) is 2.55. The van der Waals surface area contributed by atoms with Gasteiger partial charge in [-0.25, -0.2) is 4.79 Å². The van der Waals surface area contributed by atoms with E-state index in [1.54, 1.807) is 19.1 Å². The molecule has 4 heteroatoms. The number of hydrogen-bond acceptors (Lipinski definition) is 3. The summed E-state index contributed by atoms with van der Waals surface area (Å²) >= 11 is 6.09. The van der Waals surface area contributed by atoms with Gasteiger partial charge < -0.3 is 9.47 Å². The minimum absolute atomic E-state index is 0.338. The summed E-state index contributed by atoms with van der Waals surface area (Å²) in [5, 5.41) is 0.592. The first-order chi connectivity index (χ1) is 8.24. The summed E-state index contributed by atoms with van der Waals surface area (Å²) in [5.41, 5.74) is 1.32. The molecule has 0 N–H and O–H groups in total. The molecule has 0 radical (unpaired) electrons. The van der Waals surface area contributed by atoms with E-state index in [0.29, 0.717) is 23.8 Å². The van der Waals surface area contributed by atoms with Crippen LogP contribution >= 0.6 is 11.6 Å². The minimum Gasteiger partial charge on any atom is -0.463 e. The number of rotatable bonds is 3. The molecule has 1 aliphatic heterocycles. The van der Waals surface area contributed by atoms with Crippen molar-refractivity contribution in [2.24, 2.45) is 0 Å². The lowest BCUT2D eigenvalue weighted by Gasteiger charge is -2.15. The molecule has 0 saturated heterocycles. The van der Waals surface area contributed by atoms with Crippen LogP contribution < -0.4 is 0 Å². The number of halogens is 1. The Morgan fingerprint density at radius 3 is 3.00 bits per heavy atom. The molecular weight excluding hydrogens is 240 g/mol. The topological polar surface area (TPSA) is 35.5 Å². The Hall–Kier alpha value is -1.32. The van der Waals surface area contributed by atoms with Crippen molar-refractivity contribution in [3.63, 3.8) is 0 Å². The second-order valence-electron chi connectivity index (χ2n) is 3.61. The zero-order chi connectivity index (χ0) is 12.3. The van der Waals surface area contributed by atoms with Gasteiger partial charge in [0.25, 0.3) is 0 Å². The lowest BCUT2D eigenvalue weighted by atomic mass is 10.0. The normalized spacial score (nSPS) is 18.9. The van der Waals surface area contributed by atoms with Crippen molar-refractivity contribution in [3.05, 3.63) is 46.5 Å². The van der Waals surface area contributed by atoms with Crippen LogP contribution in [0, 0.1) is 0 Å². The number of benzene rings is 1. The molecule has 90 valence electrons. The fourth-order valence-electron chi connectivity index (χ4n) is 1.78. The van der Waals surface area contributed by atoms with Gasteiger partial charge in [0.15, 0.2) is 0 Å². The van der Waals surface area contributed by atoms with Gasteiger partial charge in [-0.1, -0.05) is 29.8 Å². The molecule has 0 aromatic heterocycles. The van der Waals surface area contributed by atoms with Crippen LogP contribution in [-0.4, -0.2) is 19.2 Å². The average molecular weight is 253 g/mol. The smallest absolute Gasteiger partial charge is 0.336 e. The number of ether oxygens (including phenoxy) is 2. The summed E-state index contributed by atoms with van der Waals surface area (Å²) in [5.74, 6) is -0.338. The predicted molar refractivity (Wildman–Crippen MR) is 64.9 cm³/mol. The fourth-order valence-corrected chi connectivity index (χ4v) is 2.02. The van der Waals surface area contributed by atoms with Crippen molar-refractivity contribution in [1.82, 2.24) is 0 Å². The Morgan fingerprint density at radius 2 is 2.29 bits per heavy atom. The Labute approximate surface area is 105 Å². The third-order valence-corrected chi connectivity index (χ3v) is 2.89. The summed E-state index contributed by atoms with van der Waals surface area (Å²) in [4.78, 5) is 11.7. The molecule has 0 spiro atoms. The van der Waals surface area contributed by atoms with Gasteiger partial charge in [-0.3, -0.25) is 0 Å². The summed E-state index contributed by atoms with van der Waals surface area (Å²) in [6.07, 6.45) is 1.33. The molecule has 1 aliphatic rings. The van der Waals surface area contributed by atoms with E-state index in [-0.39, 0.29) is 5.97 Å². The molecule has 0 aliphatic carbocycles. The Balaban J connectivity index is 2.25. The molecule has 0 bridgehead atoms. The second kappa shape index (κ2) is 5.34. The van der Waals surface area contributed by atoms with Gasteiger partial charge in [-0.15, -0.1) is 0 Å². The zero-order valence-corrected chi connectivity index (χ0v) is 10.2. The highest BCUT2D eigenvalue weighted by Gasteiger charge is 2.29. The Kier molecular flexibility index (Phi) is 3.82. The fraction of sp³-hybridized carbons (Fsp3) is 0.308. The van der Waals surface area contributed by atoms with E-state index in [2.05, 4.69) is 0 Å². The number of hydrogen-bond donors (Lipinski definition) is 0. The summed E-state index contributed by atoms with van der Waals surface area (Å²) in [6, 6.07) is 7.34. The average Bonchev–Trinajstić information content (AvgIpc) is 2.79. The van der Waals surface area contributed by atoms with Crippen LogP contribution in [0.25, 0.3) is 0 Å². The molecule has 2 rings (SSSR count). The molecule has 1 unspecified atom stereocenters. The first-order valence-electron chi connectivity index (χ1n) is 5.47. The van der Waals surface area contributed by atoms with Crippen molar-refractivity contribution in [2.75, 3.05) is 13.2 Å². The van der Waals surface area contributed by atoms with Gasteiger partial charge in [0.05, 0.1) is 18.8 Å². The van der Waals surface area contributed by atoms with E-state index in [0.717, 1.165) is 5.56 Å². The largest absolute Gasteiger partial charge is 0.463 e. The van der Waals surface area contributed by atoms with Crippen molar-refractivity contribution < 1.29 is 14.3 Å². The molecule has 1 aromatic rings. The maximum atomic E-state index is 11.7. The highest BCUT2D eigenvalue weighted by molar-refractivity contribution is 6.31. The van der Waals surface area contributed by atoms with Crippen LogP contribution in [-0.2, 0) is 14.3 Å². The van der Waals surface area contributed by atoms with Crippen LogP contribution in [0.4, 0.5) is 0 Å². The predicted octanol–water partition coefficient (Wildman–Crippen LogP) is 2.90. The molecule has 0 saturated carbocycles. The van der Waals surface area contributed by atoms with E-state index in [9.17, 15) is 4.79 Å². The maximum Gasteiger partial charge on any atom is 0.336 e. The molecule has 0 fully saturated rings. The van der Waals surface area contributed by atoms with Crippen LogP contribution in [0.5, 0.6) is 0 Å². The van der Waals surface area contributed by atoms with Gasteiger partial charge in [-0.2, -0.15) is 0 Å². The SMILES string of the molecule is CCOC(=O)C1=CCOC1c1ccccc1Cl. The quantitative estimate of drug-likeness (QED) is 0.776. The number of esters is 1. The molecule has 1 heterocycles. The van der Waals surface area contributed by atoms with Gasteiger partial charge in [0.2, 0.25) is 0 Å². The second-order valence-corrected chi connectivity index (χ2v) is 4.02. The molecule has 1 atom stereocenters. The van der Waals surface area contributed by atoms with Gasteiger partial charge in [0, 0.05) is 10.6 Å². The molecule has 17 heavy (non-hydrogen) atoms. The first-order valence-corrected chi connectivity index (χ1v) is 5.85. The van der Waals surface area contributed by atoms with Crippen LogP contribution in [0.15, 0.2) is 35.9 Å². The van der Waals surface area contributed by atoms with E-state index < -0.39 is 6.10 Å². The van der Waals surface area contributed by atoms with Gasteiger partial charge in [-0.05, 0) is 19.1 Å². The minimum atomic E-state index is -0.414. The highest BCUT2D eigenvalue weighted by atomic mass is 35.5. The highest BCUT2D eigenvalue weighted by Crippen LogP contribution is 2.34. The summed E-state index contributed by atoms with van der Waals surface area (Å²) < 4.78 is 10.5. The van der Waals surface area contributed by atoms with Crippen LogP contribution in [0.1, 0.15) is 18.6 Å². The number of carbonyl (C=O) groups excluding carboxylic acids is 1. The molecular formula is C13H13ClO3. The molecule has 3 nitrogen and oxygen atoms in total. The first kappa shape index (κ1) is 12.1. The summed E-state index contributed by atoms with van der Waals surface area (Å²) in [7, 11) is 0. The maximum absolute atomic E-state index is 11.7. The van der Waals surface area contributed by atoms with Gasteiger partial charge in [0.1, 0.15) is 6.10 Å². The van der Waals surface area contributed by atoms with Crippen LogP contribution in [0.2, 0.25) is 5.02 Å². The monoisotopic (exact) mass is 252 g/mol. The van der Waals surface area contributed by atoms with Crippen LogP contribution in [0.3, 0.4) is 0 Å². The lowest BCUT2D eigenvalue weighted by molar-refractivity contribution is -0.139. The van der Waals surface area contributed by atoms with E-state index in [1.807, 2.05) is 18.2 Å². The van der Waals surface area contributed by atoms with Crippen molar-refractivity contribution >= 4 is 17.6 Å². The van der Waals surface area contributed by atoms with Crippen molar-refractivity contribution in [3.8, 4) is 0 Å². The summed E-state index contributed by atoms with van der Waals surface area (Å²) in [6.45, 7) is 2.54. The van der Waals surface area contributed by atoms with E-state index >= 15 is 0 Å². The van der Waals surface area contributed by atoms with Gasteiger partial charge >= 0.3 is 5.97 Å². The van der Waals surface area contributed by atoms with E-state index in [1.165, 1.54) is 0 Å². The standard InChI is InChI=1S/C13H13ClO3/c1-2-16-13(15)10-7-8-17-12(10)9-5-3-4-6-11(9)14/h3-7,12H,2,8H2,1H3. The number of carbonyl (C=O) groups is 1.